The molecule has 0 radical (unpaired) electrons. The van der Waals surface area contributed by atoms with Crippen LogP contribution in [0.1, 0.15) is 23.5 Å². The number of benzene rings is 2. The summed E-state index contributed by atoms with van der Waals surface area (Å²) >= 11 is 0. The van der Waals surface area contributed by atoms with E-state index in [0.29, 0.717) is 6.61 Å². The third kappa shape index (κ3) is 4.35. The molecule has 0 bridgehead atoms. The first-order valence-electron chi connectivity index (χ1n) is 7.12. The third-order valence-corrected chi connectivity index (χ3v) is 3.40. The van der Waals surface area contributed by atoms with E-state index in [-0.39, 0.29) is 12.0 Å². The molecule has 0 saturated heterocycles. The van der Waals surface area contributed by atoms with Gasteiger partial charge in [0.25, 0.3) is 0 Å². The van der Waals surface area contributed by atoms with Gasteiger partial charge in [-0.25, -0.2) is 4.79 Å². The summed E-state index contributed by atoms with van der Waals surface area (Å²) in [6.45, 7) is 0.408. The fraction of sp³-hybridized carbons (Fsp3) is 0.278. The van der Waals surface area contributed by atoms with Crippen molar-refractivity contribution in [3.8, 4) is 0 Å². The molecule has 2 aromatic carbocycles. The minimum Gasteiger partial charge on any atom is -0.449 e. The van der Waals surface area contributed by atoms with E-state index in [1.54, 1.807) is 14.1 Å². The lowest BCUT2D eigenvalue weighted by molar-refractivity contribution is 0.116. The van der Waals surface area contributed by atoms with Gasteiger partial charge in [-0.2, -0.15) is 0 Å². The molecule has 0 saturated carbocycles. The highest BCUT2D eigenvalue weighted by Gasteiger charge is 2.15. The van der Waals surface area contributed by atoms with E-state index >= 15 is 0 Å². The smallest absolute Gasteiger partial charge is 0.409 e. The summed E-state index contributed by atoms with van der Waals surface area (Å²) in [5, 5.41) is 0. The lowest BCUT2D eigenvalue weighted by Crippen LogP contribution is -2.23. The van der Waals surface area contributed by atoms with Crippen LogP contribution in [0.5, 0.6) is 0 Å². The van der Waals surface area contributed by atoms with Crippen molar-refractivity contribution in [1.29, 1.82) is 0 Å². The van der Waals surface area contributed by atoms with Crippen molar-refractivity contribution in [2.45, 2.75) is 12.3 Å². The molecule has 2 aromatic rings. The zero-order valence-electron chi connectivity index (χ0n) is 12.5. The highest BCUT2D eigenvalue weighted by atomic mass is 16.6. The molecule has 3 heteroatoms. The lowest BCUT2D eigenvalue weighted by Gasteiger charge is -2.19. The van der Waals surface area contributed by atoms with E-state index in [0.717, 1.165) is 6.42 Å². The Hall–Kier alpha value is -2.29. The van der Waals surface area contributed by atoms with Crippen LogP contribution in [0.25, 0.3) is 0 Å². The molecule has 0 aliphatic carbocycles. The number of hydrogen-bond acceptors (Lipinski definition) is 2. The van der Waals surface area contributed by atoms with Gasteiger partial charge in [0, 0.05) is 20.0 Å². The highest BCUT2D eigenvalue weighted by molar-refractivity contribution is 5.66. The van der Waals surface area contributed by atoms with Crippen molar-refractivity contribution < 1.29 is 9.53 Å². The predicted octanol–water partition coefficient (Wildman–Crippen LogP) is 3.91. The van der Waals surface area contributed by atoms with Gasteiger partial charge in [-0.15, -0.1) is 0 Å². The van der Waals surface area contributed by atoms with Crippen LogP contribution < -0.4 is 0 Å². The Morgan fingerprint density at radius 1 is 0.952 bits per heavy atom. The molecule has 0 aromatic heterocycles. The molecule has 21 heavy (non-hydrogen) atoms. The Morgan fingerprint density at radius 2 is 1.43 bits per heavy atom. The van der Waals surface area contributed by atoms with E-state index in [4.69, 9.17) is 4.74 Å². The van der Waals surface area contributed by atoms with E-state index in [2.05, 4.69) is 24.3 Å². The van der Waals surface area contributed by atoms with Gasteiger partial charge in [0.15, 0.2) is 0 Å². The van der Waals surface area contributed by atoms with Crippen LogP contribution in [0.2, 0.25) is 0 Å². The van der Waals surface area contributed by atoms with Crippen LogP contribution >= 0.6 is 0 Å². The first-order chi connectivity index (χ1) is 10.2. The number of hydrogen-bond donors (Lipinski definition) is 0. The Kier molecular flexibility index (Phi) is 5.38. The summed E-state index contributed by atoms with van der Waals surface area (Å²) in [5.41, 5.74) is 2.48. The average Bonchev–Trinajstić information content (AvgIpc) is 2.53. The molecule has 110 valence electrons. The summed E-state index contributed by atoms with van der Waals surface area (Å²) < 4.78 is 5.26. The van der Waals surface area contributed by atoms with E-state index in [1.165, 1.54) is 16.0 Å². The topological polar surface area (TPSA) is 29.5 Å². The second kappa shape index (κ2) is 7.48. The van der Waals surface area contributed by atoms with Gasteiger partial charge in [-0.05, 0) is 17.5 Å². The molecule has 0 unspecified atom stereocenters. The normalized spacial score (nSPS) is 10.4. The second-order valence-electron chi connectivity index (χ2n) is 5.17. The Labute approximate surface area is 126 Å². The van der Waals surface area contributed by atoms with Crippen LogP contribution in [-0.2, 0) is 4.74 Å². The molecule has 0 aliphatic rings. The molecule has 0 atom stereocenters. The van der Waals surface area contributed by atoms with Crippen LogP contribution in [0.3, 0.4) is 0 Å². The summed E-state index contributed by atoms with van der Waals surface area (Å²) in [4.78, 5) is 12.9. The van der Waals surface area contributed by atoms with Gasteiger partial charge in [0.1, 0.15) is 0 Å². The molecule has 0 N–H and O–H groups in total. The fourth-order valence-corrected chi connectivity index (χ4v) is 2.29. The van der Waals surface area contributed by atoms with E-state index < -0.39 is 0 Å². The van der Waals surface area contributed by atoms with Crippen molar-refractivity contribution in [2.24, 2.45) is 0 Å². The SMILES string of the molecule is CN(C)C(=O)OCCC(c1ccccc1)c1ccccc1. The average molecular weight is 283 g/mol. The zero-order valence-corrected chi connectivity index (χ0v) is 12.5. The van der Waals surface area contributed by atoms with Crippen molar-refractivity contribution in [3.63, 3.8) is 0 Å². The maximum atomic E-state index is 11.5. The minimum absolute atomic E-state index is 0.238. The molecule has 2 rings (SSSR count). The molecular formula is C18H21NO2. The van der Waals surface area contributed by atoms with Gasteiger partial charge < -0.3 is 9.64 Å². The van der Waals surface area contributed by atoms with Gasteiger partial charge in [0.05, 0.1) is 6.61 Å². The number of carbonyl (C=O) groups excluding carboxylic acids is 1. The molecule has 0 aliphatic heterocycles. The van der Waals surface area contributed by atoms with Crippen LogP contribution in [0, 0.1) is 0 Å². The van der Waals surface area contributed by atoms with Gasteiger partial charge in [0.2, 0.25) is 0 Å². The molecule has 0 spiro atoms. The molecule has 0 fully saturated rings. The summed E-state index contributed by atoms with van der Waals surface area (Å²) in [6.07, 6.45) is 0.475. The molecule has 3 nitrogen and oxygen atoms in total. The summed E-state index contributed by atoms with van der Waals surface area (Å²) in [7, 11) is 3.38. The summed E-state index contributed by atoms with van der Waals surface area (Å²) in [6, 6.07) is 20.6. The highest BCUT2D eigenvalue weighted by Crippen LogP contribution is 2.27. The quantitative estimate of drug-likeness (QED) is 0.832. The molecule has 1 amide bonds. The Morgan fingerprint density at radius 3 is 1.86 bits per heavy atom. The van der Waals surface area contributed by atoms with Crippen molar-refractivity contribution in [2.75, 3.05) is 20.7 Å². The Balaban J connectivity index is 2.09. The van der Waals surface area contributed by atoms with Crippen molar-refractivity contribution in [3.05, 3.63) is 71.8 Å². The zero-order chi connectivity index (χ0) is 15.1. The van der Waals surface area contributed by atoms with E-state index in [1.807, 2.05) is 36.4 Å². The fourth-order valence-electron chi connectivity index (χ4n) is 2.29. The number of carbonyl (C=O) groups is 1. The maximum absolute atomic E-state index is 11.5. The maximum Gasteiger partial charge on any atom is 0.409 e. The Bertz CT molecular complexity index is 512. The van der Waals surface area contributed by atoms with Gasteiger partial charge in [-0.1, -0.05) is 60.7 Å². The lowest BCUT2D eigenvalue weighted by atomic mass is 9.89. The van der Waals surface area contributed by atoms with E-state index in [9.17, 15) is 4.79 Å². The standard InChI is InChI=1S/C18H21NO2/c1-19(2)18(20)21-14-13-17(15-9-5-3-6-10-15)16-11-7-4-8-12-16/h3-12,17H,13-14H2,1-2H3. The monoisotopic (exact) mass is 283 g/mol. The van der Waals surface area contributed by atoms with Gasteiger partial charge >= 0.3 is 6.09 Å². The third-order valence-electron chi connectivity index (χ3n) is 3.40. The second-order valence-corrected chi connectivity index (χ2v) is 5.17. The number of amides is 1. The predicted molar refractivity (Wildman–Crippen MR) is 84.4 cm³/mol. The number of ether oxygens (including phenoxy) is 1. The van der Waals surface area contributed by atoms with Gasteiger partial charge in [-0.3, -0.25) is 0 Å². The van der Waals surface area contributed by atoms with Crippen LogP contribution in [0.15, 0.2) is 60.7 Å². The van der Waals surface area contributed by atoms with Crippen molar-refractivity contribution in [1.82, 2.24) is 4.90 Å². The molecular weight excluding hydrogens is 262 g/mol. The van der Waals surface area contributed by atoms with Crippen LogP contribution in [-0.4, -0.2) is 31.7 Å². The molecule has 0 heterocycles. The minimum atomic E-state index is -0.296. The number of nitrogens with zero attached hydrogens (tertiary/aromatic N) is 1. The van der Waals surface area contributed by atoms with Crippen molar-refractivity contribution >= 4 is 6.09 Å². The number of rotatable bonds is 5. The largest absolute Gasteiger partial charge is 0.449 e. The first-order valence-corrected chi connectivity index (χ1v) is 7.12. The summed E-state index contributed by atoms with van der Waals surface area (Å²) in [5.74, 6) is 0.238. The van der Waals surface area contributed by atoms with Crippen LogP contribution in [0.4, 0.5) is 4.79 Å². The first kappa shape index (κ1) is 15.1.